The average molecular weight is 672 g/mol. The molecule has 7 N–H and O–H groups in total. The van der Waals surface area contributed by atoms with Gasteiger partial charge in [-0.3, -0.25) is 9.59 Å². The lowest BCUT2D eigenvalue weighted by molar-refractivity contribution is -0.254. The van der Waals surface area contributed by atoms with Crippen LogP contribution in [0.2, 0.25) is 0 Å². The van der Waals surface area contributed by atoms with Gasteiger partial charge < -0.3 is 50.2 Å². The largest absolute Gasteiger partial charge is 0.507 e. The van der Waals surface area contributed by atoms with Crippen molar-refractivity contribution in [2.45, 2.75) is 75.1 Å². The summed E-state index contributed by atoms with van der Waals surface area (Å²) in [6.07, 6.45) is -6.24. The number of carbonyl (C=O) groups is 2. The zero-order valence-corrected chi connectivity index (χ0v) is 26.6. The maximum absolute atomic E-state index is 13.9. The van der Waals surface area contributed by atoms with E-state index in [1.807, 2.05) is 30.3 Å². The molecule has 1 saturated heterocycles. The van der Waals surface area contributed by atoms with E-state index >= 15 is 0 Å². The first kappa shape index (κ1) is 34.7. The number of aliphatic hydroxyl groups is 4. The Balaban J connectivity index is 0.00000433. The first-order valence-electron chi connectivity index (χ1n) is 15.1. The highest BCUT2D eigenvalue weighted by molar-refractivity contribution is 6.31. The molecule has 12 nitrogen and oxygen atoms in total. The summed E-state index contributed by atoms with van der Waals surface area (Å²) in [4.78, 5) is 27.5. The number of phenols is 2. The maximum Gasteiger partial charge on any atom is 0.202 e. The second kappa shape index (κ2) is 13.5. The number of carbonyl (C=O) groups excluding carboxylic acids is 2. The molecule has 3 aromatic rings. The number of hydrogen-bond donors (Lipinski definition) is 7. The average Bonchev–Trinajstić information content (AvgIpc) is 3.05. The third-order valence-corrected chi connectivity index (χ3v) is 9.33. The Hall–Kier alpha value is -3.59. The highest BCUT2D eigenvalue weighted by Gasteiger charge is 2.50. The van der Waals surface area contributed by atoms with Crippen LogP contribution in [0.5, 0.6) is 17.2 Å². The topological polar surface area (TPSA) is 195 Å². The van der Waals surface area contributed by atoms with Crippen molar-refractivity contribution in [2.24, 2.45) is 0 Å². The second-order valence-electron chi connectivity index (χ2n) is 12.2. The van der Waals surface area contributed by atoms with Crippen molar-refractivity contribution >= 4 is 24.0 Å². The van der Waals surface area contributed by atoms with E-state index in [0.717, 1.165) is 5.56 Å². The predicted molar refractivity (Wildman–Crippen MR) is 169 cm³/mol. The summed E-state index contributed by atoms with van der Waals surface area (Å²) in [5.74, 6) is -2.64. The Labute approximate surface area is 276 Å². The van der Waals surface area contributed by atoms with E-state index < -0.39 is 89.6 Å². The zero-order chi connectivity index (χ0) is 32.9. The third-order valence-electron chi connectivity index (χ3n) is 9.33. The number of nitrogens with one attached hydrogen (secondary N) is 1. The molecule has 3 aromatic carbocycles. The number of aromatic hydroxyl groups is 2. The van der Waals surface area contributed by atoms with Gasteiger partial charge in [-0.05, 0) is 18.6 Å². The molecule has 6 rings (SSSR count). The summed E-state index contributed by atoms with van der Waals surface area (Å²) >= 11 is 0. The first-order valence-corrected chi connectivity index (χ1v) is 15.1. The normalized spacial score (nSPS) is 27.2. The monoisotopic (exact) mass is 671 g/mol. The van der Waals surface area contributed by atoms with Crippen molar-refractivity contribution in [3.8, 4) is 17.2 Å². The number of aliphatic hydroxyl groups excluding tert-OH is 3. The molecule has 7 atom stereocenters. The maximum atomic E-state index is 13.9. The van der Waals surface area contributed by atoms with Crippen molar-refractivity contribution < 1.29 is 54.4 Å². The molecule has 13 heteroatoms. The Morgan fingerprint density at radius 2 is 1.72 bits per heavy atom. The van der Waals surface area contributed by atoms with Gasteiger partial charge in [-0.25, -0.2) is 0 Å². The molecule has 1 fully saturated rings. The summed E-state index contributed by atoms with van der Waals surface area (Å²) < 4.78 is 17.6. The summed E-state index contributed by atoms with van der Waals surface area (Å²) in [7, 11) is 1.34. The van der Waals surface area contributed by atoms with Crippen molar-refractivity contribution in [1.82, 2.24) is 5.32 Å². The molecule has 0 spiro atoms. The van der Waals surface area contributed by atoms with Gasteiger partial charge in [0.1, 0.15) is 23.4 Å². The molecule has 0 saturated carbocycles. The van der Waals surface area contributed by atoms with Crippen LogP contribution in [0.3, 0.4) is 0 Å². The molecule has 0 amide bonds. The summed E-state index contributed by atoms with van der Waals surface area (Å²) in [6.45, 7) is 1.31. The van der Waals surface area contributed by atoms with Gasteiger partial charge in [0.05, 0.1) is 54.3 Å². The first-order chi connectivity index (χ1) is 22.0. The molecular formula is C34H38ClNO11. The van der Waals surface area contributed by atoms with Crippen LogP contribution in [0.1, 0.15) is 74.4 Å². The highest BCUT2D eigenvalue weighted by Crippen LogP contribution is 2.53. The van der Waals surface area contributed by atoms with E-state index in [1.165, 1.54) is 25.3 Å². The predicted octanol–water partition coefficient (Wildman–Crippen LogP) is 2.05. The Morgan fingerprint density at radius 1 is 1.02 bits per heavy atom. The van der Waals surface area contributed by atoms with Crippen LogP contribution in [0.25, 0.3) is 0 Å². The molecule has 47 heavy (non-hydrogen) atoms. The van der Waals surface area contributed by atoms with Gasteiger partial charge in [0.25, 0.3) is 0 Å². The third kappa shape index (κ3) is 6.00. The summed E-state index contributed by atoms with van der Waals surface area (Å²) in [5.41, 5.74) is -2.20. The Bertz CT molecular complexity index is 1670. The number of fused-ring (bicyclic) bond motifs is 3. The Kier molecular flexibility index (Phi) is 9.97. The zero-order valence-electron chi connectivity index (χ0n) is 25.8. The van der Waals surface area contributed by atoms with Gasteiger partial charge in [0.2, 0.25) is 5.78 Å². The van der Waals surface area contributed by atoms with Crippen molar-refractivity contribution in [3.63, 3.8) is 0 Å². The molecule has 1 aliphatic heterocycles. The highest BCUT2D eigenvalue weighted by atomic mass is 35.5. The lowest BCUT2D eigenvalue weighted by Gasteiger charge is -2.44. The van der Waals surface area contributed by atoms with Gasteiger partial charge in [0, 0.05) is 48.5 Å². The van der Waals surface area contributed by atoms with Gasteiger partial charge >= 0.3 is 0 Å². The number of methoxy groups -OCH3 is 1. The Morgan fingerprint density at radius 3 is 2.40 bits per heavy atom. The van der Waals surface area contributed by atoms with Gasteiger partial charge in [-0.15, -0.1) is 12.4 Å². The summed E-state index contributed by atoms with van der Waals surface area (Å²) in [6, 6.07) is 13.6. The number of ether oxygens (including phenoxy) is 3. The lowest BCUT2D eigenvalue weighted by atomic mass is 9.71. The van der Waals surface area contributed by atoms with Gasteiger partial charge in [-0.2, -0.15) is 0 Å². The van der Waals surface area contributed by atoms with Crippen molar-refractivity contribution in [3.05, 3.63) is 87.5 Å². The van der Waals surface area contributed by atoms with Crippen LogP contribution >= 0.6 is 12.4 Å². The molecule has 0 radical (unpaired) electrons. The smallest absolute Gasteiger partial charge is 0.202 e. The van der Waals surface area contributed by atoms with E-state index in [1.54, 1.807) is 6.92 Å². The standard InChI is InChI=1S/C34H37NO11.ClH/c1-16-29(38)20(35-14-17-7-4-3-5-8-17)11-24(45-16)46-22-13-34(43,23(37)15-36)12-19-26(22)33(42)28-27(31(19)40)30(39)18-9-6-10-21(44-2)25(18)32(28)41;/h3-10,16,20,22-24,29,35-38,40,42-43H,11-15H2,1-2H3;1H/t16?,20?,22-,23?,24?,29?,34-;/m0./s1. The SMILES string of the molecule is COc1cccc2c1C(=O)c1c(O)c3c(c(O)c1C2=O)C[C@@](O)(C(O)CO)C[C@@H]3OC1CC(NCc2ccccc2)C(O)C(C)O1.Cl. The number of halogens is 1. The van der Waals surface area contributed by atoms with Crippen LogP contribution in [-0.4, -0.2) is 92.2 Å². The minimum atomic E-state index is -2.06. The molecule has 0 bridgehead atoms. The molecule has 1 heterocycles. The van der Waals surface area contributed by atoms with Crippen LogP contribution in [0.15, 0.2) is 48.5 Å². The van der Waals surface area contributed by atoms with E-state index in [-0.39, 0.29) is 53.3 Å². The molecular weight excluding hydrogens is 634 g/mol. The van der Waals surface area contributed by atoms with Crippen LogP contribution < -0.4 is 10.1 Å². The minimum Gasteiger partial charge on any atom is -0.507 e. The van der Waals surface area contributed by atoms with E-state index in [0.29, 0.717) is 6.54 Å². The quantitative estimate of drug-likeness (QED) is 0.135. The molecule has 0 aromatic heterocycles. The number of ketones is 2. The van der Waals surface area contributed by atoms with Gasteiger partial charge in [-0.1, -0.05) is 42.5 Å². The number of rotatable bonds is 8. The van der Waals surface area contributed by atoms with E-state index in [4.69, 9.17) is 14.2 Å². The fraction of sp³-hybridized carbons (Fsp3) is 0.412. The fourth-order valence-electron chi connectivity index (χ4n) is 6.86. The van der Waals surface area contributed by atoms with Crippen molar-refractivity contribution in [2.75, 3.05) is 13.7 Å². The van der Waals surface area contributed by atoms with E-state index in [2.05, 4.69) is 5.32 Å². The van der Waals surface area contributed by atoms with Gasteiger partial charge in [0.15, 0.2) is 12.1 Å². The van der Waals surface area contributed by atoms with Crippen LogP contribution in [0.4, 0.5) is 0 Å². The van der Waals surface area contributed by atoms with Crippen molar-refractivity contribution in [1.29, 1.82) is 0 Å². The lowest BCUT2D eigenvalue weighted by Crippen LogP contribution is -2.54. The number of benzene rings is 3. The number of phenolic OH excluding ortho intramolecular Hbond substituents is 2. The molecule has 5 unspecified atom stereocenters. The van der Waals surface area contributed by atoms with E-state index in [9.17, 15) is 40.2 Å². The van der Waals surface area contributed by atoms with Crippen LogP contribution in [-0.2, 0) is 22.4 Å². The number of hydrogen-bond acceptors (Lipinski definition) is 12. The fourth-order valence-corrected chi connectivity index (χ4v) is 6.86. The summed E-state index contributed by atoms with van der Waals surface area (Å²) in [5, 5.41) is 69.5. The van der Waals surface area contributed by atoms with Crippen LogP contribution in [0, 0.1) is 0 Å². The molecule has 252 valence electrons. The second-order valence-corrected chi connectivity index (χ2v) is 12.2. The minimum absolute atomic E-state index is 0. The molecule has 2 aliphatic carbocycles. The molecule has 3 aliphatic rings.